The highest BCUT2D eigenvalue weighted by Crippen LogP contribution is 2.12. The maximum absolute atomic E-state index is 12.2. The van der Waals surface area contributed by atoms with E-state index in [1.165, 1.54) is 25.7 Å². The molecule has 0 aromatic heterocycles. The molecule has 21 heavy (non-hydrogen) atoms. The summed E-state index contributed by atoms with van der Waals surface area (Å²) in [5.74, 6) is 0.161. The molecular formula is C16H31N3O2. The van der Waals surface area contributed by atoms with E-state index >= 15 is 0 Å². The molecule has 2 aliphatic heterocycles. The van der Waals surface area contributed by atoms with Crippen molar-refractivity contribution in [2.24, 2.45) is 0 Å². The summed E-state index contributed by atoms with van der Waals surface area (Å²) in [5.41, 5.74) is 0. The third-order valence-electron chi connectivity index (χ3n) is 4.85. The number of carbonyl (C=O) groups excluding carboxylic acids is 1. The molecule has 1 amide bonds. The lowest BCUT2D eigenvalue weighted by Crippen LogP contribution is -2.47. The first kappa shape index (κ1) is 16.7. The van der Waals surface area contributed by atoms with E-state index in [0.717, 1.165) is 45.6 Å². The van der Waals surface area contributed by atoms with Gasteiger partial charge in [0.25, 0.3) is 0 Å². The van der Waals surface area contributed by atoms with Gasteiger partial charge >= 0.3 is 0 Å². The van der Waals surface area contributed by atoms with E-state index in [4.69, 9.17) is 0 Å². The highest BCUT2D eigenvalue weighted by Gasteiger charge is 2.22. The van der Waals surface area contributed by atoms with Gasteiger partial charge < -0.3 is 15.3 Å². The number of amides is 1. The van der Waals surface area contributed by atoms with Gasteiger partial charge in [-0.05, 0) is 45.7 Å². The minimum atomic E-state index is -0.126. The van der Waals surface area contributed by atoms with E-state index in [1.54, 1.807) is 0 Å². The molecule has 2 rings (SSSR count). The number of aliphatic hydroxyl groups excluding tert-OH is 1. The molecule has 5 heteroatoms. The van der Waals surface area contributed by atoms with Crippen LogP contribution in [0.25, 0.3) is 0 Å². The predicted octanol–water partition coefficient (Wildman–Crippen LogP) is 0.824. The molecule has 0 radical (unpaired) electrons. The Bertz CT molecular complexity index is 309. The van der Waals surface area contributed by atoms with Gasteiger partial charge in [0.05, 0.1) is 12.1 Å². The van der Waals surface area contributed by atoms with Crippen LogP contribution in [0, 0.1) is 0 Å². The Hall–Kier alpha value is -0.650. The number of hydrogen-bond acceptors (Lipinski definition) is 4. The molecule has 2 fully saturated rings. The summed E-state index contributed by atoms with van der Waals surface area (Å²) in [5, 5.41) is 12.6. The Kier molecular flexibility index (Phi) is 6.93. The fourth-order valence-electron chi connectivity index (χ4n) is 3.28. The van der Waals surface area contributed by atoms with Gasteiger partial charge in [-0.2, -0.15) is 0 Å². The molecule has 0 aromatic rings. The topological polar surface area (TPSA) is 55.8 Å². The molecule has 0 saturated carbocycles. The van der Waals surface area contributed by atoms with Gasteiger partial charge in [-0.25, -0.2) is 0 Å². The molecule has 2 saturated heterocycles. The van der Waals surface area contributed by atoms with Crippen molar-refractivity contribution >= 4 is 5.91 Å². The third-order valence-corrected chi connectivity index (χ3v) is 4.85. The van der Waals surface area contributed by atoms with Crippen LogP contribution in [0.3, 0.4) is 0 Å². The van der Waals surface area contributed by atoms with Crippen molar-refractivity contribution in [1.82, 2.24) is 15.1 Å². The smallest absolute Gasteiger partial charge is 0.237 e. The molecule has 2 aliphatic rings. The average Bonchev–Trinajstić information content (AvgIpc) is 2.77. The van der Waals surface area contributed by atoms with Gasteiger partial charge in [-0.3, -0.25) is 9.69 Å². The molecule has 0 aromatic carbocycles. The van der Waals surface area contributed by atoms with Gasteiger partial charge in [0, 0.05) is 26.2 Å². The van der Waals surface area contributed by atoms with Crippen LogP contribution in [-0.2, 0) is 4.79 Å². The minimum Gasteiger partial charge on any atom is -0.393 e. The fourth-order valence-corrected chi connectivity index (χ4v) is 3.28. The van der Waals surface area contributed by atoms with Crippen molar-refractivity contribution in [3.05, 3.63) is 0 Å². The first-order valence-electron chi connectivity index (χ1n) is 8.59. The summed E-state index contributed by atoms with van der Waals surface area (Å²) < 4.78 is 0. The van der Waals surface area contributed by atoms with Crippen LogP contribution >= 0.6 is 0 Å². The van der Waals surface area contributed by atoms with Crippen LogP contribution in [0.4, 0.5) is 0 Å². The number of likely N-dealkylation sites (tertiary alicyclic amines) is 2. The number of nitrogens with one attached hydrogen (secondary N) is 1. The van der Waals surface area contributed by atoms with Crippen LogP contribution in [0.5, 0.6) is 0 Å². The number of carbonyl (C=O) groups is 1. The van der Waals surface area contributed by atoms with E-state index in [-0.39, 0.29) is 18.1 Å². The number of nitrogens with zero attached hydrogens (tertiary/aromatic N) is 2. The number of rotatable bonds is 5. The first-order chi connectivity index (χ1) is 10.2. The average molecular weight is 297 g/mol. The largest absolute Gasteiger partial charge is 0.393 e. The second kappa shape index (κ2) is 8.71. The van der Waals surface area contributed by atoms with Crippen molar-refractivity contribution in [3.8, 4) is 0 Å². The van der Waals surface area contributed by atoms with Crippen LogP contribution in [0.1, 0.15) is 45.4 Å². The summed E-state index contributed by atoms with van der Waals surface area (Å²) in [4.78, 5) is 16.9. The minimum absolute atomic E-state index is 0.00808. The predicted molar refractivity (Wildman–Crippen MR) is 84.2 cm³/mol. The van der Waals surface area contributed by atoms with Crippen molar-refractivity contribution < 1.29 is 9.90 Å². The molecular weight excluding hydrogens is 266 g/mol. The van der Waals surface area contributed by atoms with Gasteiger partial charge in [0.1, 0.15) is 0 Å². The summed E-state index contributed by atoms with van der Waals surface area (Å²) in [6.07, 6.45) is 6.62. The first-order valence-corrected chi connectivity index (χ1v) is 8.59. The van der Waals surface area contributed by atoms with Gasteiger partial charge in [-0.1, -0.05) is 12.8 Å². The zero-order valence-corrected chi connectivity index (χ0v) is 13.4. The van der Waals surface area contributed by atoms with E-state index < -0.39 is 0 Å². The Balaban J connectivity index is 1.64. The zero-order valence-electron chi connectivity index (χ0n) is 13.4. The zero-order chi connectivity index (χ0) is 15.1. The Morgan fingerprint density at radius 3 is 2.38 bits per heavy atom. The lowest BCUT2D eigenvalue weighted by Gasteiger charge is -2.30. The third kappa shape index (κ3) is 5.57. The van der Waals surface area contributed by atoms with E-state index in [0.29, 0.717) is 6.54 Å². The maximum Gasteiger partial charge on any atom is 0.237 e. The van der Waals surface area contributed by atoms with Crippen LogP contribution in [0.15, 0.2) is 0 Å². The second-order valence-corrected chi connectivity index (χ2v) is 6.49. The van der Waals surface area contributed by atoms with E-state index in [2.05, 4.69) is 15.1 Å². The lowest BCUT2D eigenvalue weighted by molar-refractivity contribution is -0.125. The fraction of sp³-hybridized carbons (Fsp3) is 0.938. The summed E-state index contributed by atoms with van der Waals surface area (Å²) in [6.45, 7) is 7.63. The maximum atomic E-state index is 12.2. The Morgan fingerprint density at radius 2 is 1.76 bits per heavy atom. The standard InChI is InChI=1S/C16H31N3O2/c1-14(19-9-4-2-3-5-10-19)16(21)17-8-13-18-11-6-15(20)7-12-18/h14-15,20H,2-13H2,1H3,(H,17,21). The van der Waals surface area contributed by atoms with Crippen molar-refractivity contribution in [2.75, 3.05) is 39.3 Å². The van der Waals surface area contributed by atoms with Crippen molar-refractivity contribution in [3.63, 3.8) is 0 Å². The molecule has 5 nitrogen and oxygen atoms in total. The number of hydrogen-bond donors (Lipinski definition) is 2. The molecule has 0 spiro atoms. The SMILES string of the molecule is CC(C(=O)NCCN1CCC(O)CC1)N1CCCCCC1. The highest BCUT2D eigenvalue weighted by molar-refractivity contribution is 5.81. The normalized spacial score (nSPS) is 24.5. The van der Waals surface area contributed by atoms with Crippen molar-refractivity contribution in [1.29, 1.82) is 0 Å². The summed E-state index contributed by atoms with van der Waals surface area (Å²) in [6, 6.07) is -0.00808. The molecule has 2 heterocycles. The lowest BCUT2D eigenvalue weighted by atomic mass is 10.1. The second-order valence-electron chi connectivity index (χ2n) is 6.49. The molecule has 1 atom stereocenters. The quantitative estimate of drug-likeness (QED) is 0.789. The van der Waals surface area contributed by atoms with Gasteiger partial charge in [0.2, 0.25) is 5.91 Å². The van der Waals surface area contributed by atoms with Gasteiger partial charge in [-0.15, -0.1) is 0 Å². The Morgan fingerprint density at radius 1 is 1.14 bits per heavy atom. The molecule has 1 unspecified atom stereocenters. The molecule has 122 valence electrons. The summed E-state index contributed by atoms with van der Waals surface area (Å²) >= 11 is 0. The van der Waals surface area contributed by atoms with Crippen LogP contribution < -0.4 is 5.32 Å². The molecule has 2 N–H and O–H groups in total. The Labute approximate surface area is 128 Å². The van der Waals surface area contributed by atoms with Crippen LogP contribution in [-0.4, -0.2) is 72.2 Å². The monoisotopic (exact) mass is 297 g/mol. The highest BCUT2D eigenvalue weighted by atomic mass is 16.3. The van der Waals surface area contributed by atoms with Gasteiger partial charge in [0.15, 0.2) is 0 Å². The molecule has 0 bridgehead atoms. The van der Waals surface area contributed by atoms with Crippen molar-refractivity contribution in [2.45, 2.75) is 57.6 Å². The number of aliphatic hydroxyl groups is 1. The summed E-state index contributed by atoms with van der Waals surface area (Å²) in [7, 11) is 0. The van der Waals surface area contributed by atoms with E-state index in [9.17, 15) is 9.90 Å². The number of piperidine rings is 1. The van der Waals surface area contributed by atoms with Crippen LogP contribution in [0.2, 0.25) is 0 Å². The van der Waals surface area contributed by atoms with E-state index in [1.807, 2.05) is 6.92 Å². The molecule has 0 aliphatic carbocycles.